The molecule has 0 aromatic carbocycles. The standard InChI is InChI=1S/C20H27N5O3/c1-12-19(14(3)26)13(2)24(21-12)7-6-18(27)23-8-9-25-16(11-23)10-17(22-25)20(28)15-4-5-15/h10,15,20,28H,4-9,11H2,1-3H3/t20-/m0/s1. The molecule has 0 saturated heterocycles. The van der Waals surface area contributed by atoms with Crippen molar-refractivity contribution in [3.63, 3.8) is 0 Å². The molecule has 28 heavy (non-hydrogen) atoms. The Hall–Kier alpha value is -2.48. The summed E-state index contributed by atoms with van der Waals surface area (Å²) in [7, 11) is 0. The lowest BCUT2D eigenvalue weighted by Crippen LogP contribution is -2.38. The fraction of sp³-hybridized carbons (Fsp3) is 0.600. The first kappa shape index (κ1) is 18.9. The van der Waals surface area contributed by atoms with Crippen LogP contribution in [0.5, 0.6) is 0 Å². The second kappa shape index (κ2) is 7.16. The van der Waals surface area contributed by atoms with Gasteiger partial charge in [0.2, 0.25) is 5.91 Å². The van der Waals surface area contributed by atoms with E-state index in [-0.39, 0.29) is 11.7 Å². The average Bonchev–Trinajstić information content (AvgIpc) is 3.34. The molecule has 4 rings (SSSR count). The molecule has 8 heteroatoms. The van der Waals surface area contributed by atoms with Gasteiger partial charge in [0, 0.05) is 25.2 Å². The number of nitrogens with zero attached hydrogens (tertiary/aromatic N) is 5. The minimum atomic E-state index is -0.483. The summed E-state index contributed by atoms with van der Waals surface area (Å²) in [5.41, 5.74) is 3.87. The van der Waals surface area contributed by atoms with Crippen molar-refractivity contribution in [2.45, 2.75) is 65.8 Å². The summed E-state index contributed by atoms with van der Waals surface area (Å²) < 4.78 is 3.66. The highest BCUT2D eigenvalue weighted by Gasteiger charge is 2.33. The fourth-order valence-corrected chi connectivity index (χ4v) is 4.08. The van der Waals surface area contributed by atoms with Crippen LogP contribution >= 0.6 is 0 Å². The minimum Gasteiger partial charge on any atom is -0.386 e. The number of carbonyl (C=O) groups is 2. The number of hydrogen-bond acceptors (Lipinski definition) is 5. The number of hydrogen-bond donors (Lipinski definition) is 1. The van der Waals surface area contributed by atoms with Gasteiger partial charge in [-0.05, 0) is 45.6 Å². The first-order valence-corrected chi connectivity index (χ1v) is 9.92. The Morgan fingerprint density at radius 1 is 1.25 bits per heavy atom. The van der Waals surface area contributed by atoms with Crippen molar-refractivity contribution in [1.29, 1.82) is 0 Å². The second-order valence-corrected chi connectivity index (χ2v) is 7.96. The van der Waals surface area contributed by atoms with Crippen molar-refractivity contribution in [3.05, 3.63) is 34.4 Å². The maximum absolute atomic E-state index is 12.7. The molecule has 3 heterocycles. The normalized spacial score (nSPS) is 17.5. The SMILES string of the molecule is CC(=O)c1c(C)nn(CCC(=O)N2CCn3nc([C@@H](O)C4CC4)cc3C2)c1C. The first-order chi connectivity index (χ1) is 13.3. The Labute approximate surface area is 164 Å². The van der Waals surface area contributed by atoms with E-state index in [4.69, 9.17) is 0 Å². The van der Waals surface area contributed by atoms with E-state index in [2.05, 4.69) is 10.2 Å². The van der Waals surface area contributed by atoms with E-state index < -0.39 is 6.10 Å². The first-order valence-electron chi connectivity index (χ1n) is 9.92. The van der Waals surface area contributed by atoms with Crippen molar-refractivity contribution < 1.29 is 14.7 Å². The van der Waals surface area contributed by atoms with Crippen LogP contribution in [0.2, 0.25) is 0 Å². The molecular formula is C20H27N5O3. The van der Waals surface area contributed by atoms with Gasteiger partial charge in [0.1, 0.15) is 6.10 Å². The largest absolute Gasteiger partial charge is 0.386 e. The van der Waals surface area contributed by atoms with E-state index >= 15 is 0 Å². The third-order valence-corrected chi connectivity index (χ3v) is 5.81. The molecule has 1 aliphatic carbocycles. The lowest BCUT2D eigenvalue weighted by Gasteiger charge is -2.27. The predicted octanol–water partition coefficient (Wildman–Crippen LogP) is 1.77. The molecule has 0 bridgehead atoms. The second-order valence-electron chi connectivity index (χ2n) is 7.96. The molecule has 0 spiro atoms. The molecule has 0 radical (unpaired) electrons. The van der Waals surface area contributed by atoms with Gasteiger partial charge in [-0.1, -0.05) is 0 Å². The third kappa shape index (κ3) is 3.48. The van der Waals surface area contributed by atoms with Crippen molar-refractivity contribution >= 4 is 11.7 Å². The summed E-state index contributed by atoms with van der Waals surface area (Å²) in [4.78, 5) is 26.3. The molecule has 1 N–H and O–H groups in total. The number of amides is 1. The van der Waals surface area contributed by atoms with Gasteiger partial charge in [0.15, 0.2) is 5.78 Å². The number of aromatic nitrogens is 4. The van der Waals surface area contributed by atoms with Gasteiger partial charge in [-0.3, -0.25) is 19.0 Å². The highest BCUT2D eigenvalue weighted by molar-refractivity contribution is 5.96. The number of fused-ring (bicyclic) bond motifs is 1. The molecule has 2 aromatic rings. The van der Waals surface area contributed by atoms with E-state index in [1.807, 2.05) is 29.5 Å². The van der Waals surface area contributed by atoms with Crippen LogP contribution in [-0.4, -0.2) is 47.8 Å². The van der Waals surface area contributed by atoms with Crippen LogP contribution in [0.4, 0.5) is 0 Å². The Morgan fingerprint density at radius 3 is 2.64 bits per heavy atom. The maximum atomic E-state index is 12.7. The van der Waals surface area contributed by atoms with Gasteiger partial charge in [-0.25, -0.2) is 0 Å². The summed E-state index contributed by atoms with van der Waals surface area (Å²) >= 11 is 0. The number of rotatable bonds is 6. The zero-order valence-electron chi connectivity index (χ0n) is 16.7. The van der Waals surface area contributed by atoms with Crippen LogP contribution in [0, 0.1) is 19.8 Å². The van der Waals surface area contributed by atoms with Gasteiger partial charge >= 0.3 is 0 Å². The van der Waals surface area contributed by atoms with E-state index in [0.29, 0.717) is 49.8 Å². The molecule has 2 aromatic heterocycles. The summed E-state index contributed by atoms with van der Waals surface area (Å²) in [6.07, 6.45) is 1.98. The summed E-state index contributed by atoms with van der Waals surface area (Å²) in [6.45, 7) is 7.46. The molecule has 1 aliphatic heterocycles. The van der Waals surface area contributed by atoms with Crippen molar-refractivity contribution in [1.82, 2.24) is 24.5 Å². The van der Waals surface area contributed by atoms with Gasteiger partial charge in [0.05, 0.1) is 35.7 Å². The van der Waals surface area contributed by atoms with Crippen molar-refractivity contribution in [2.24, 2.45) is 5.92 Å². The van der Waals surface area contributed by atoms with E-state index in [1.165, 1.54) is 6.92 Å². The fourth-order valence-electron chi connectivity index (χ4n) is 4.08. The highest BCUT2D eigenvalue weighted by atomic mass is 16.3. The monoisotopic (exact) mass is 385 g/mol. The maximum Gasteiger partial charge on any atom is 0.224 e. The lowest BCUT2D eigenvalue weighted by atomic mass is 10.1. The number of aryl methyl sites for hydroxylation is 2. The van der Waals surface area contributed by atoms with Gasteiger partial charge in [-0.15, -0.1) is 0 Å². The molecule has 8 nitrogen and oxygen atoms in total. The van der Waals surface area contributed by atoms with Crippen LogP contribution in [0.3, 0.4) is 0 Å². The van der Waals surface area contributed by atoms with Gasteiger partial charge in [0.25, 0.3) is 0 Å². The predicted molar refractivity (Wildman–Crippen MR) is 102 cm³/mol. The number of aliphatic hydroxyl groups is 1. The zero-order chi connectivity index (χ0) is 20.0. The Kier molecular flexibility index (Phi) is 4.82. The van der Waals surface area contributed by atoms with Crippen LogP contribution in [-0.2, 0) is 24.4 Å². The molecule has 1 saturated carbocycles. The number of carbonyl (C=O) groups excluding carboxylic acids is 2. The van der Waals surface area contributed by atoms with E-state index in [0.717, 1.165) is 29.9 Å². The summed E-state index contributed by atoms with van der Waals surface area (Å²) in [6, 6.07) is 1.93. The van der Waals surface area contributed by atoms with Crippen molar-refractivity contribution in [3.8, 4) is 0 Å². The zero-order valence-corrected chi connectivity index (χ0v) is 16.7. The molecule has 1 amide bonds. The number of aliphatic hydroxyl groups excluding tert-OH is 1. The van der Waals surface area contributed by atoms with E-state index in [1.54, 1.807) is 4.68 Å². The van der Waals surface area contributed by atoms with Crippen LogP contribution < -0.4 is 0 Å². The van der Waals surface area contributed by atoms with Crippen molar-refractivity contribution in [2.75, 3.05) is 6.54 Å². The third-order valence-electron chi connectivity index (χ3n) is 5.81. The summed E-state index contributed by atoms with van der Waals surface area (Å²) in [5, 5.41) is 19.2. The van der Waals surface area contributed by atoms with Crippen LogP contribution in [0.25, 0.3) is 0 Å². The van der Waals surface area contributed by atoms with Crippen LogP contribution in [0.1, 0.15) is 65.4 Å². The smallest absolute Gasteiger partial charge is 0.224 e. The molecular weight excluding hydrogens is 358 g/mol. The molecule has 0 unspecified atom stereocenters. The average molecular weight is 385 g/mol. The Bertz CT molecular complexity index is 925. The molecule has 1 fully saturated rings. The number of Topliss-reactive ketones (excluding diaryl/α,β-unsaturated/α-hetero) is 1. The molecule has 1 atom stereocenters. The topological polar surface area (TPSA) is 93.3 Å². The minimum absolute atomic E-state index is 0.000980. The molecule has 2 aliphatic rings. The van der Waals surface area contributed by atoms with Crippen LogP contribution in [0.15, 0.2) is 6.07 Å². The lowest BCUT2D eigenvalue weighted by molar-refractivity contribution is -0.133. The Morgan fingerprint density at radius 2 is 2.00 bits per heavy atom. The highest BCUT2D eigenvalue weighted by Crippen LogP contribution is 2.40. The number of ketones is 1. The van der Waals surface area contributed by atoms with E-state index in [9.17, 15) is 14.7 Å². The van der Waals surface area contributed by atoms with Gasteiger partial charge in [-0.2, -0.15) is 10.2 Å². The Balaban J connectivity index is 1.39. The summed E-state index contributed by atoms with van der Waals surface area (Å²) in [5.74, 6) is 0.407. The molecule has 150 valence electrons. The quantitative estimate of drug-likeness (QED) is 0.765. The van der Waals surface area contributed by atoms with Gasteiger partial charge < -0.3 is 10.0 Å².